The van der Waals surface area contributed by atoms with E-state index in [0.717, 1.165) is 29.5 Å². The minimum absolute atomic E-state index is 0.0353. The van der Waals surface area contributed by atoms with Crippen molar-refractivity contribution in [1.82, 2.24) is 14.9 Å². The highest BCUT2D eigenvalue weighted by molar-refractivity contribution is 7.89. The molecule has 0 bridgehead atoms. The second kappa shape index (κ2) is 12.6. The second-order valence-electron chi connectivity index (χ2n) is 9.51. The number of hydrogen-bond acceptors (Lipinski definition) is 4. The number of carbonyl (C=O) groups excluding carboxylic acids is 2. The first kappa shape index (κ1) is 27.8. The van der Waals surface area contributed by atoms with Crippen molar-refractivity contribution in [1.29, 1.82) is 0 Å². The van der Waals surface area contributed by atoms with E-state index in [4.69, 9.17) is 11.6 Å². The topological polar surface area (TPSA) is 95.6 Å². The number of rotatable bonds is 12. The Kier molecular flexibility index (Phi) is 9.20. The van der Waals surface area contributed by atoms with Gasteiger partial charge in [0.15, 0.2) is 0 Å². The van der Waals surface area contributed by atoms with Crippen LogP contribution in [0.5, 0.6) is 0 Å². The molecule has 38 heavy (non-hydrogen) atoms. The molecule has 0 heterocycles. The van der Waals surface area contributed by atoms with Crippen LogP contribution in [-0.4, -0.2) is 44.3 Å². The van der Waals surface area contributed by atoms with Gasteiger partial charge in [0.1, 0.15) is 6.04 Å². The zero-order chi connectivity index (χ0) is 27.1. The van der Waals surface area contributed by atoms with Crippen molar-refractivity contribution in [3.8, 4) is 0 Å². The summed E-state index contributed by atoms with van der Waals surface area (Å²) in [4.78, 5) is 28.4. The van der Waals surface area contributed by atoms with Gasteiger partial charge in [-0.2, -0.15) is 0 Å². The number of nitrogens with zero attached hydrogens (tertiary/aromatic N) is 1. The fourth-order valence-corrected chi connectivity index (χ4v) is 5.66. The van der Waals surface area contributed by atoms with E-state index >= 15 is 0 Å². The lowest BCUT2D eigenvalue weighted by atomic mass is 10.0. The van der Waals surface area contributed by atoms with Crippen LogP contribution in [0.2, 0.25) is 5.02 Å². The van der Waals surface area contributed by atoms with Gasteiger partial charge in [-0.15, -0.1) is 0 Å². The Morgan fingerprint density at radius 2 is 1.55 bits per heavy atom. The Balaban J connectivity index is 1.51. The Labute approximate surface area is 229 Å². The normalized spacial score (nSPS) is 14.1. The minimum atomic E-state index is -3.53. The first-order valence-electron chi connectivity index (χ1n) is 12.7. The largest absolute Gasteiger partial charge is 0.357 e. The van der Waals surface area contributed by atoms with Gasteiger partial charge in [-0.05, 0) is 60.2 Å². The highest BCUT2D eigenvalue weighted by Crippen LogP contribution is 2.23. The Hall–Kier alpha value is -3.20. The van der Waals surface area contributed by atoms with E-state index in [1.165, 1.54) is 0 Å². The quantitative estimate of drug-likeness (QED) is 0.353. The summed E-state index contributed by atoms with van der Waals surface area (Å²) in [5.41, 5.74) is 2.66. The molecule has 3 aromatic carbocycles. The van der Waals surface area contributed by atoms with Gasteiger partial charge < -0.3 is 10.2 Å². The van der Waals surface area contributed by atoms with Crippen molar-refractivity contribution >= 4 is 33.4 Å². The maximum atomic E-state index is 13.6. The molecule has 0 saturated heterocycles. The third kappa shape index (κ3) is 7.66. The Morgan fingerprint density at radius 3 is 2.16 bits per heavy atom. The molecular formula is C29H32ClN3O4S. The Morgan fingerprint density at radius 1 is 0.921 bits per heavy atom. The summed E-state index contributed by atoms with van der Waals surface area (Å²) in [7, 11) is -1.96. The molecule has 0 aromatic heterocycles. The van der Waals surface area contributed by atoms with Crippen LogP contribution in [0.15, 0.2) is 83.8 Å². The lowest BCUT2D eigenvalue weighted by molar-refractivity contribution is -0.141. The van der Waals surface area contributed by atoms with Crippen molar-refractivity contribution in [2.24, 2.45) is 0 Å². The number of benzene rings is 3. The summed E-state index contributed by atoms with van der Waals surface area (Å²) in [5, 5.41) is 3.30. The first-order chi connectivity index (χ1) is 18.2. The molecule has 0 radical (unpaired) electrons. The monoisotopic (exact) mass is 553 g/mol. The number of carbonyl (C=O) groups is 2. The second-order valence-corrected chi connectivity index (χ2v) is 11.7. The van der Waals surface area contributed by atoms with Crippen LogP contribution in [0.3, 0.4) is 0 Å². The fraction of sp³-hybridized carbons (Fsp3) is 0.310. The number of halogens is 1. The third-order valence-corrected chi connectivity index (χ3v) is 8.33. The van der Waals surface area contributed by atoms with Gasteiger partial charge >= 0.3 is 0 Å². The molecule has 1 aliphatic rings. The summed E-state index contributed by atoms with van der Waals surface area (Å²) in [6, 6.07) is 22.8. The van der Waals surface area contributed by atoms with Crippen LogP contribution >= 0.6 is 11.6 Å². The molecule has 0 aliphatic heterocycles. The van der Waals surface area contributed by atoms with E-state index in [-0.39, 0.29) is 35.7 Å². The molecule has 0 unspecified atom stereocenters. The van der Waals surface area contributed by atoms with Crippen LogP contribution in [0.1, 0.15) is 36.0 Å². The van der Waals surface area contributed by atoms with Gasteiger partial charge in [0.25, 0.3) is 0 Å². The van der Waals surface area contributed by atoms with Gasteiger partial charge in [0, 0.05) is 37.5 Å². The average molecular weight is 554 g/mol. The number of amides is 2. The molecule has 1 atom stereocenters. The highest BCUT2D eigenvalue weighted by atomic mass is 35.5. The van der Waals surface area contributed by atoms with Gasteiger partial charge in [-0.3, -0.25) is 9.59 Å². The van der Waals surface area contributed by atoms with Crippen LogP contribution in [0, 0.1) is 0 Å². The Bertz CT molecular complexity index is 1340. The first-order valence-corrected chi connectivity index (χ1v) is 14.5. The van der Waals surface area contributed by atoms with E-state index in [1.54, 1.807) is 48.3 Å². The predicted molar refractivity (Wildman–Crippen MR) is 148 cm³/mol. The molecule has 1 fully saturated rings. The predicted octanol–water partition coefficient (Wildman–Crippen LogP) is 4.10. The standard InChI is InChI=1S/C29H32ClN3O4S/c1-31-29(35)27(19-22-5-3-2-4-6-22)33(20-23-7-12-24(30)13-8-23)28(34)18-11-21-9-16-26(17-10-21)38(36,37)32-25-14-15-25/h2-10,12-13,16-17,25,27,32H,11,14-15,18-20H2,1H3,(H,31,35)/t27-/m0/s1. The van der Waals surface area contributed by atoms with Crippen LogP contribution in [0.25, 0.3) is 0 Å². The van der Waals surface area contributed by atoms with E-state index < -0.39 is 16.1 Å². The zero-order valence-electron chi connectivity index (χ0n) is 21.3. The van der Waals surface area contributed by atoms with Gasteiger partial charge in [-0.25, -0.2) is 13.1 Å². The maximum Gasteiger partial charge on any atom is 0.242 e. The molecule has 3 aromatic rings. The van der Waals surface area contributed by atoms with E-state index in [9.17, 15) is 18.0 Å². The number of sulfonamides is 1. The van der Waals surface area contributed by atoms with Crippen molar-refractivity contribution in [3.63, 3.8) is 0 Å². The maximum absolute atomic E-state index is 13.6. The van der Waals surface area contributed by atoms with E-state index in [1.807, 2.05) is 42.5 Å². The van der Waals surface area contributed by atoms with Crippen LogP contribution in [0.4, 0.5) is 0 Å². The molecule has 9 heteroatoms. The lowest BCUT2D eigenvalue weighted by Gasteiger charge is -2.31. The van der Waals surface area contributed by atoms with Gasteiger partial charge in [-0.1, -0.05) is 66.2 Å². The average Bonchev–Trinajstić information content (AvgIpc) is 3.74. The third-order valence-electron chi connectivity index (χ3n) is 6.54. The molecule has 1 saturated carbocycles. The zero-order valence-corrected chi connectivity index (χ0v) is 22.8. The molecule has 7 nitrogen and oxygen atoms in total. The molecular weight excluding hydrogens is 522 g/mol. The van der Waals surface area contributed by atoms with Gasteiger partial charge in [0.05, 0.1) is 4.90 Å². The molecule has 1 aliphatic carbocycles. The molecule has 200 valence electrons. The van der Waals surface area contributed by atoms with Crippen molar-refractivity contribution in [2.45, 2.75) is 55.6 Å². The number of aryl methyl sites for hydroxylation is 1. The fourth-order valence-electron chi connectivity index (χ4n) is 4.23. The van der Waals surface area contributed by atoms with E-state index in [2.05, 4.69) is 10.0 Å². The summed E-state index contributed by atoms with van der Waals surface area (Å²) in [5.74, 6) is -0.412. The smallest absolute Gasteiger partial charge is 0.242 e. The SMILES string of the molecule is CNC(=O)[C@H](Cc1ccccc1)N(Cc1ccc(Cl)cc1)C(=O)CCc1ccc(S(=O)(=O)NC2CC2)cc1. The molecule has 2 amide bonds. The van der Waals surface area contributed by atoms with E-state index in [0.29, 0.717) is 17.9 Å². The number of nitrogens with one attached hydrogen (secondary N) is 2. The summed E-state index contributed by atoms with van der Waals surface area (Å²) < 4.78 is 27.6. The number of likely N-dealkylation sites (N-methyl/N-ethyl adjacent to an activating group) is 1. The summed E-state index contributed by atoms with van der Waals surface area (Å²) in [6.07, 6.45) is 2.70. The lowest BCUT2D eigenvalue weighted by Crippen LogP contribution is -2.49. The minimum Gasteiger partial charge on any atom is -0.357 e. The molecule has 2 N–H and O–H groups in total. The molecule has 4 rings (SSSR count). The molecule has 0 spiro atoms. The summed E-state index contributed by atoms with van der Waals surface area (Å²) >= 11 is 6.05. The van der Waals surface area contributed by atoms with Crippen molar-refractivity contribution in [3.05, 3.63) is 101 Å². The number of hydrogen-bond donors (Lipinski definition) is 2. The van der Waals surface area contributed by atoms with Crippen molar-refractivity contribution < 1.29 is 18.0 Å². The summed E-state index contributed by atoms with van der Waals surface area (Å²) in [6.45, 7) is 0.255. The highest BCUT2D eigenvalue weighted by Gasteiger charge is 2.30. The van der Waals surface area contributed by atoms with Crippen LogP contribution < -0.4 is 10.0 Å². The van der Waals surface area contributed by atoms with Crippen molar-refractivity contribution in [2.75, 3.05) is 7.05 Å². The van der Waals surface area contributed by atoms with Gasteiger partial charge in [0.2, 0.25) is 21.8 Å². The van der Waals surface area contributed by atoms with Crippen LogP contribution in [-0.2, 0) is 39.0 Å².